The van der Waals surface area contributed by atoms with Crippen LogP contribution in [-0.2, 0) is 4.79 Å². The molecule has 1 aromatic rings. The summed E-state index contributed by atoms with van der Waals surface area (Å²) in [6.07, 6.45) is 0. The molecule has 0 aromatic heterocycles. The molecule has 0 aliphatic rings. The van der Waals surface area contributed by atoms with E-state index in [0.717, 1.165) is 0 Å². The largest absolute Gasteiger partial charge is 0.345 e. The zero-order valence-electron chi connectivity index (χ0n) is 12.4. The van der Waals surface area contributed by atoms with Crippen molar-refractivity contribution in [3.8, 4) is 0 Å². The van der Waals surface area contributed by atoms with Crippen LogP contribution >= 0.6 is 0 Å². The van der Waals surface area contributed by atoms with Crippen molar-refractivity contribution in [3.63, 3.8) is 0 Å². The molecule has 0 aliphatic heterocycles. The van der Waals surface area contributed by atoms with Gasteiger partial charge in [-0.3, -0.25) is 9.59 Å². The zero-order valence-corrected chi connectivity index (χ0v) is 12.4. The third-order valence-corrected chi connectivity index (χ3v) is 3.09. The van der Waals surface area contributed by atoms with E-state index in [4.69, 9.17) is 0 Å². The van der Waals surface area contributed by atoms with Crippen molar-refractivity contribution in [1.82, 2.24) is 5.32 Å². The van der Waals surface area contributed by atoms with Gasteiger partial charge in [0, 0.05) is 11.0 Å². The van der Waals surface area contributed by atoms with Crippen LogP contribution in [0.4, 0.5) is 0 Å². The summed E-state index contributed by atoms with van der Waals surface area (Å²) in [5.74, 6) is 0.270. The van der Waals surface area contributed by atoms with Crippen LogP contribution in [0.1, 0.15) is 56.5 Å². The second-order valence-electron chi connectivity index (χ2n) is 6.13. The zero-order chi connectivity index (χ0) is 14.6. The van der Waals surface area contributed by atoms with Gasteiger partial charge in [0.15, 0.2) is 5.78 Å². The van der Waals surface area contributed by atoms with Crippen LogP contribution in [0.3, 0.4) is 0 Å². The Bertz CT molecular complexity index is 453. The molecule has 1 rings (SSSR count). The quantitative estimate of drug-likeness (QED) is 0.905. The average Bonchev–Trinajstić information content (AvgIpc) is 2.34. The van der Waals surface area contributed by atoms with Crippen LogP contribution in [0.25, 0.3) is 0 Å². The van der Waals surface area contributed by atoms with Crippen molar-refractivity contribution in [2.24, 2.45) is 5.41 Å². The highest BCUT2D eigenvalue weighted by atomic mass is 16.2. The van der Waals surface area contributed by atoms with Crippen molar-refractivity contribution in [2.75, 3.05) is 6.54 Å². The van der Waals surface area contributed by atoms with E-state index in [2.05, 4.69) is 19.2 Å². The fraction of sp³-hybridized carbons (Fsp3) is 0.500. The minimum atomic E-state index is -0.422. The number of rotatable bonds is 4. The lowest BCUT2D eigenvalue weighted by atomic mass is 9.91. The highest BCUT2D eigenvalue weighted by molar-refractivity contribution is 5.97. The molecular weight excluding hydrogens is 238 g/mol. The van der Waals surface area contributed by atoms with Gasteiger partial charge >= 0.3 is 0 Å². The van der Waals surface area contributed by atoms with E-state index in [9.17, 15) is 9.59 Å². The number of nitrogens with one attached hydrogen (secondary N) is 1. The molecule has 3 heteroatoms. The highest BCUT2D eigenvalue weighted by Gasteiger charge is 2.21. The molecule has 104 valence electrons. The summed E-state index contributed by atoms with van der Waals surface area (Å²) in [6.45, 7) is 9.83. The molecule has 1 amide bonds. The Morgan fingerprint density at radius 2 is 1.63 bits per heavy atom. The summed E-state index contributed by atoms with van der Waals surface area (Å²) < 4.78 is 0. The maximum absolute atomic E-state index is 11.9. The van der Waals surface area contributed by atoms with Crippen LogP contribution in [0.5, 0.6) is 0 Å². The molecule has 19 heavy (non-hydrogen) atoms. The van der Waals surface area contributed by atoms with E-state index in [1.54, 1.807) is 12.1 Å². The standard InChI is InChI=1S/C16H23NO2/c1-11(2)12-6-8-13(9-7-12)15(19)17-10-14(18)16(3,4)5/h6-9,11H,10H2,1-5H3,(H,17,19). The molecule has 0 bridgehead atoms. The maximum atomic E-state index is 11.9. The second-order valence-corrected chi connectivity index (χ2v) is 6.13. The first-order valence-corrected chi connectivity index (χ1v) is 6.63. The van der Waals surface area contributed by atoms with Crippen LogP contribution in [0.15, 0.2) is 24.3 Å². The van der Waals surface area contributed by atoms with E-state index >= 15 is 0 Å². The predicted molar refractivity (Wildman–Crippen MR) is 77.3 cm³/mol. The molecule has 0 atom stereocenters. The summed E-state index contributed by atoms with van der Waals surface area (Å²) in [5, 5.41) is 2.67. The van der Waals surface area contributed by atoms with Gasteiger partial charge in [-0.15, -0.1) is 0 Å². The van der Waals surface area contributed by atoms with Crippen LogP contribution in [0, 0.1) is 5.41 Å². The molecule has 0 heterocycles. The average molecular weight is 261 g/mol. The van der Waals surface area contributed by atoms with Gasteiger partial charge < -0.3 is 5.32 Å². The fourth-order valence-corrected chi connectivity index (χ4v) is 1.55. The van der Waals surface area contributed by atoms with Gasteiger partial charge in [-0.25, -0.2) is 0 Å². The Kier molecular flexibility index (Phi) is 4.87. The Hall–Kier alpha value is -1.64. The number of amides is 1. The van der Waals surface area contributed by atoms with E-state index in [-0.39, 0.29) is 18.2 Å². The summed E-state index contributed by atoms with van der Waals surface area (Å²) >= 11 is 0. The minimum absolute atomic E-state index is 0.0275. The van der Waals surface area contributed by atoms with Gasteiger partial charge in [-0.1, -0.05) is 46.8 Å². The molecule has 0 fully saturated rings. The maximum Gasteiger partial charge on any atom is 0.251 e. The second kappa shape index (κ2) is 6.00. The number of hydrogen-bond donors (Lipinski definition) is 1. The lowest BCUT2D eigenvalue weighted by Gasteiger charge is -2.16. The number of ketones is 1. The first-order valence-electron chi connectivity index (χ1n) is 6.63. The topological polar surface area (TPSA) is 46.2 Å². The number of Topliss-reactive ketones (excluding diaryl/α,β-unsaturated/α-hetero) is 1. The number of carbonyl (C=O) groups excluding carboxylic acids is 2. The predicted octanol–water partition coefficient (Wildman–Crippen LogP) is 3.16. The molecule has 3 nitrogen and oxygen atoms in total. The lowest BCUT2D eigenvalue weighted by Crippen LogP contribution is -2.35. The molecule has 0 unspecified atom stereocenters. The monoisotopic (exact) mass is 261 g/mol. The summed E-state index contributed by atoms with van der Waals surface area (Å²) in [7, 11) is 0. The molecular formula is C16H23NO2. The Morgan fingerprint density at radius 1 is 1.11 bits per heavy atom. The Morgan fingerprint density at radius 3 is 2.05 bits per heavy atom. The normalized spacial score (nSPS) is 11.5. The van der Waals surface area contributed by atoms with Gasteiger partial charge in [0.05, 0.1) is 6.54 Å². The van der Waals surface area contributed by atoms with Crippen molar-refractivity contribution >= 4 is 11.7 Å². The van der Waals surface area contributed by atoms with Crippen molar-refractivity contribution in [1.29, 1.82) is 0 Å². The van der Waals surface area contributed by atoms with E-state index < -0.39 is 5.41 Å². The Labute approximate surface area is 115 Å². The highest BCUT2D eigenvalue weighted by Crippen LogP contribution is 2.15. The van der Waals surface area contributed by atoms with Gasteiger partial charge in [-0.05, 0) is 23.6 Å². The Balaban J connectivity index is 2.62. The SMILES string of the molecule is CC(C)c1ccc(C(=O)NCC(=O)C(C)(C)C)cc1. The van der Waals surface area contributed by atoms with Crippen molar-refractivity contribution < 1.29 is 9.59 Å². The molecule has 1 aromatic carbocycles. The van der Waals surface area contributed by atoms with Gasteiger partial charge in [-0.2, -0.15) is 0 Å². The smallest absolute Gasteiger partial charge is 0.251 e. The number of hydrogen-bond acceptors (Lipinski definition) is 2. The summed E-state index contributed by atoms with van der Waals surface area (Å²) in [5.41, 5.74) is 1.36. The van der Waals surface area contributed by atoms with E-state index in [1.807, 2.05) is 32.9 Å². The van der Waals surface area contributed by atoms with E-state index in [0.29, 0.717) is 11.5 Å². The summed E-state index contributed by atoms with van der Waals surface area (Å²) in [6, 6.07) is 7.49. The fourth-order valence-electron chi connectivity index (χ4n) is 1.55. The van der Waals surface area contributed by atoms with Gasteiger partial charge in [0.25, 0.3) is 5.91 Å². The third kappa shape index (κ3) is 4.51. The van der Waals surface area contributed by atoms with E-state index in [1.165, 1.54) is 5.56 Å². The number of benzene rings is 1. The molecule has 0 saturated heterocycles. The first kappa shape index (κ1) is 15.4. The molecule has 1 N–H and O–H groups in total. The van der Waals surface area contributed by atoms with Crippen LogP contribution < -0.4 is 5.32 Å². The number of carbonyl (C=O) groups is 2. The third-order valence-electron chi connectivity index (χ3n) is 3.09. The lowest BCUT2D eigenvalue weighted by molar-refractivity contribution is -0.125. The molecule has 0 radical (unpaired) electrons. The van der Waals surface area contributed by atoms with Crippen LogP contribution in [-0.4, -0.2) is 18.2 Å². The van der Waals surface area contributed by atoms with Gasteiger partial charge in [0.1, 0.15) is 0 Å². The van der Waals surface area contributed by atoms with Crippen molar-refractivity contribution in [3.05, 3.63) is 35.4 Å². The minimum Gasteiger partial charge on any atom is -0.345 e. The molecule has 0 saturated carbocycles. The molecule has 0 aliphatic carbocycles. The summed E-state index contributed by atoms with van der Waals surface area (Å²) in [4.78, 5) is 23.6. The van der Waals surface area contributed by atoms with Crippen LogP contribution in [0.2, 0.25) is 0 Å². The first-order chi connectivity index (χ1) is 8.71. The van der Waals surface area contributed by atoms with Crippen molar-refractivity contribution in [2.45, 2.75) is 40.5 Å². The van der Waals surface area contributed by atoms with Gasteiger partial charge in [0.2, 0.25) is 0 Å². The molecule has 0 spiro atoms.